The summed E-state index contributed by atoms with van der Waals surface area (Å²) in [5.41, 5.74) is 1.84. The van der Waals surface area contributed by atoms with Crippen LogP contribution in [-0.4, -0.2) is 59.5 Å². The van der Waals surface area contributed by atoms with Crippen LogP contribution in [0.5, 0.6) is 5.75 Å². The molecule has 1 aromatic carbocycles. The van der Waals surface area contributed by atoms with Crippen molar-refractivity contribution >= 4 is 17.2 Å². The van der Waals surface area contributed by atoms with E-state index in [0.717, 1.165) is 66.1 Å². The summed E-state index contributed by atoms with van der Waals surface area (Å²) in [7, 11) is 0. The number of carbonyl (C=O) groups is 1. The first-order chi connectivity index (χ1) is 13.0. The van der Waals surface area contributed by atoms with Crippen LogP contribution in [-0.2, 0) is 0 Å². The lowest BCUT2D eigenvalue weighted by Gasteiger charge is -2.36. The van der Waals surface area contributed by atoms with Gasteiger partial charge < -0.3 is 9.64 Å². The lowest BCUT2D eigenvalue weighted by Crippen LogP contribution is -2.50. The molecule has 1 saturated heterocycles. The maximum atomic E-state index is 13.0. The molecule has 2 aromatic rings. The number of piperazine rings is 1. The minimum Gasteiger partial charge on any atom is -0.494 e. The highest BCUT2D eigenvalue weighted by Gasteiger charge is 2.26. The molecule has 0 radical (unpaired) electrons. The minimum absolute atomic E-state index is 0.113. The standard InChI is InChI=1S/C21H29N3O2S/c1-5-14-26-18-8-6-17(7-9-18)20-22-16(4)19(27-20)21(25)24-12-10-23(11-13-24)15(2)3/h6-9,15H,5,10-14H2,1-4H3. The molecule has 0 bridgehead atoms. The van der Waals surface area contributed by atoms with Gasteiger partial charge in [-0.25, -0.2) is 4.98 Å². The number of nitrogens with zero attached hydrogens (tertiary/aromatic N) is 3. The maximum Gasteiger partial charge on any atom is 0.265 e. The SMILES string of the molecule is CCCOc1ccc(-c2nc(C)c(C(=O)N3CCN(C(C)C)CC3)s2)cc1. The number of aromatic nitrogens is 1. The van der Waals surface area contributed by atoms with Crippen LogP contribution in [0.1, 0.15) is 42.6 Å². The summed E-state index contributed by atoms with van der Waals surface area (Å²) in [5, 5.41) is 0.888. The Hall–Kier alpha value is -1.92. The Morgan fingerprint density at radius 2 is 1.85 bits per heavy atom. The van der Waals surface area contributed by atoms with Gasteiger partial charge in [0.15, 0.2) is 0 Å². The molecule has 146 valence electrons. The molecule has 2 heterocycles. The number of aryl methyl sites for hydroxylation is 1. The number of benzene rings is 1. The number of ether oxygens (including phenoxy) is 1. The summed E-state index contributed by atoms with van der Waals surface area (Å²) in [4.78, 5) is 22.8. The molecule has 1 aliphatic rings. The molecular weight excluding hydrogens is 358 g/mol. The predicted octanol–water partition coefficient (Wildman–Crippen LogP) is 4.07. The van der Waals surface area contributed by atoms with Gasteiger partial charge in [0, 0.05) is 37.8 Å². The van der Waals surface area contributed by atoms with Crippen molar-refractivity contribution in [2.45, 2.75) is 40.2 Å². The van der Waals surface area contributed by atoms with Crippen LogP contribution in [0.4, 0.5) is 0 Å². The zero-order chi connectivity index (χ0) is 19.4. The van der Waals surface area contributed by atoms with Crippen LogP contribution in [0.25, 0.3) is 10.6 Å². The molecule has 0 unspecified atom stereocenters. The first-order valence-electron chi connectivity index (χ1n) is 9.73. The Bertz CT molecular complexity index is 762. The zero-order valence-electron chi connectivity index (χ0n) is 16.7. The second kappa shape index (κ2) is 8.85. The van der Waals surface area contributed by atoms with Crippen molar-refractivity contribution in [2.24, 2.45) is 0 Å². The first kappa shape index (κ1) is 19.8. The lowest BCUT2D eigenvalue weighted by molar-refractivity contribution is 0.0599. The fourth-order valence-electron chi connectivity index (χ4n) is 3.22. The Labute approximate surface area is 166 Å². The average Bonchev–Trinajstić information content (AvgIpc) is 3.08. The Kier molecular flexibility index (Phi) is 6.50. The van der Waals surface area contributed by atoms with Crippen molar-refractivity contribution in [3.05, 3.63) is 34.8 Å². The molecule has 1 aliphatic heterocycles. The lowest BCUT2D eigenvalue weighted by atomic mass is 10.2. The second-order valence-electron chi connectivity index (χ2n) is 7.23. The van der Waals surface area contributed by atoms with Gasteiger partial charge in [-0.3, -0.25) is 9.69 Å². The van der Waals surface area contributed by atoms with Gasteiger partial charge in [-0.1, -0.05) is 6.92 Å². The van der Waals surface area contributed by atoms with Crippen molar-refractivity contribution in [1.82, 2.24) is 14.8 Å². The van der Waals surface area contributed by atoms with Crippen molar-refractivity contribution in [2.75, 3.05) is 32.8 Å². The first-order valence-corrected chi connectivity index (χ1v) is 10.5. The summed E-state index contributed by atoms with van der Waals surface area (Å²) in [6, 6.07) is 8.49. The molecule has 6 heteroatoms. The van der Waals surface area contributed by atoms with E-state index in [2.05, 4.69) is 30.7 Å². The van der Waals surface area contributed by atoms with Gasteiger partial charge in [0.1, 0.15) is 15.6 Å². The third-order valence-corrected chi connectivity index (χ3v) is 6.09. The summed E-state index contributed by atoms with van der Waals surface area (Å²) in [6.45, 7) is 12.6. The predicted molar refractivity (Wildman–Crippen MR) is 111 cm³/mol. The van der Waals surface area contributed by atoms with E-state index < -0.39 is 0 Å². The van der Waals surface area contributed by atoms with Gasteiger partial charge in [0.05, 0.1) is 12.3 Å². The van der Waals surface area contributed by atoms with Crippen molar-refractivity contribution in [1.29, 1.82) is 0 Å². The number of rotatable bonds is 6. The molecule has 0 saturated carbocycles. The van der Waals surface area contributed by atoms with E-state index in [1.54, 1.807) is 0 Å². The van der Waals surface area contributed by atoms with E-state index >= 15 is 0 Å². The number of hydrogen-bond donors (Lipinski definition) is 0. The molecule has 0 N–H and O–H groups in total. The molecule has 5 nitrogen and oxygen atoms in total. The van der Waals surface area contributed by atoms with Gasteiger partial charge in [-0.15, -0.1) is 11.3 Å². The van der Waals surface area contributed by atoms with E-state index in [9.17, 15) is 4.79 Å². The van der Waals surface area contributed by atoms with Crippen LogP contribution in [0.15, 0.2) is 24.3 Å². The molecule has 1 amide bonds. The van der Waals surface area contributed by atoms with E-state index in [1.807, 2.05) is 36.1 Å². The van der Waals surface area contributed by atoms with Crippen molar-refractivity contribution < 1.29 is 9.53 Å². The summed E-state index contributed by atoms with van der Waals surface area (Å²) >= 11 is 1.49. The fraction of sp³-hybridized carbons (Fsp3) is 0.524. The van der Waals surface area contributed by atoms with Crippen LogP contribution in [0.3, 0.4) is 0 Å². The van der Waals surface area contributed by atoms with Gasteiger partial charge in [-0.2, -0.15) is 0 Å². The summed E-state index contributed by atoms with van der Waals surface area (Å²) in [6.07, 6.45) is 0.990. The molecule has 1 fully saturated rings. The van der Waals surface area contributed by atoms with Crippen LogP contribution < -0.4 is 4.74 Å². The molecule has 0 atom stereocenters. The van der Waals surface area contributed by atoms with Crippen molar-refractivity contribution in [3.8, 4) is 16.3 Å². The smallest absolute Gasteiger partial charge is 0.265 e. The highest BCUT2D eigenvalue weighted by Crippen LogP contribution is 2.30. The Balaban J connectivity index is 1.70. The molecule has 27 heavy (non-hydrogen) atoms. The summed E-state index contributed by atoms with van der Waals surface area (Å²) in [5.74, 6) is 0.982. The van der Waals surface area contributed by atoms with Gasteiger partial charge in [0.25, 0.3) is 5.91 Å². The van der Waals surface area contributed by atoms with E-state index in [4.69, 9.17) is 4.74 Å². The van der Waals surface area contributed by atoms with Crippen LogP contribution >= 0.6 is 11.3 Å². The van der Waals surface area contributed by atoms with Crippen LogP contribution in [0.2, 0.25) is 0 Å². The third-order valence-electron chi connectivity index (χ3n) is 4.90. The maximum absolute atomic E-state index is 13.0. The number of hydrogen-bond acceptors (Lipinski definition) is 5. The Morgan fingerprint density at radius 1 is 1.19 bits per heavy atom. The van der Waals surface area contributed by atoms with Gasteiger partial charge >= 0.3 is 0 Å². The molecular formula is C21H29N3O2S. The third kappa shape index (κ3) is 4.68. The topological polar surface area (TPSA) is 45.7 Å². The quantitative estimate of drug-likeness (QED) is 0.749. The molecule has 0 spiro atoms. The van der Waals surface area contributed by atoms with Gasteiger partial charge in [0.2, 0.25) is 0 Å². The average molecular weight is 388 g/mol. The molecule has 3 rings (SSSR count). The van der Waals surface area contributed by atoms with E-state index in [0.29, 0.717) is 6.04 Å². The highest BCUT2D eigenvalue weighted by atomic mass is 32.1. The summed E-state index contributed by atoms with van der Waals surface area (Å²) < 4.78 is 5.64. The van der Waals surface area contributed by atoms with Crippen LogP contribution in [0, 0.1) is 6.92 Å². The van der Waals surface area contributed by atoms with Gasteiger partial charge in [-0.05, 0) is 51.5 Å². The zero-order valence-corrected chi connectivity index (χ0v) is 17.5. The molecule has 0 aliphatic carbocycles. The second-order valence-corrected chi connectivity index (χ2v) is 8.23. The fourth-order valence-corrected chi connectivity index (χ4v) is 4.26. The normalized spacial score (nSPS) is 15.4. The van der Waals surface area contributed by atoms with Crippen molar-refractivity contribution in [3.63, 3.8) is 0 Å². The monoisotopic (exact) mass is 387 g/mol. The van der Waals surface area contributed by atoms with E-state index in [1.165, 1.54) is 11.3 Å². The number of amides is 1. The highest BCUT2D eigenvalue weighted by molar-refractivity contribution is 7.17. The number of carbonyl (C=O) groups excluding carboxylic acids is 1. The Morgan fingerprint density at radius 3 is 2.44 bits per heavy atom. The largest absolute Gasteiger partial charge is 0.494 e. The minimum atomic E-state index is 0.113. The number of thiazole rings is 1. The molecule has 1 aromatic heterocycles. The van der Waals surface area contributed by atoms with E-state index in [-0.39, 0.29) is 5.91 Å².